The summed E-state index contributed by atoms with van der Waals surface area (Å²) in [6, 6.07) is 6.98. The highest BCUT2D eigenvalue weighted by molar-refractivity contribution is 5.77. The number of rotatable bonds is 3. The van der Waals surface area contributed by atoms with E-state index in [2.05, 4.69) is 11.9 Å². The highest BCUT2D eigenvalue weighted by Crippen LogP contribution is 2.34. The lowest BCUT2D eigenvalue weighted by atomic mass is 9.87. The highest BCUT2D eigenvalue weighted by atomic mass is 19.1. The molecule has 0 aliphatic carbocycles. The van der Waals surface area contributed by atoms with Crippen molar-refractivity contribution in [3.05, 3.63) is 35.4 Å². The van der Waals surface area contributed by atoms with Crippen LogP contribution < -0.4 is 0 Å². The number of hydrogen-bond donors (Lipinski definition) is 0. The Bertz CT molecular complexity index is 386. The zero-order valence-corrected chi connectivity index (χ0v) is 10.1. The van der Waals surface area contributed by atoms with Gasteiger partial charge in [-0.05, 0) is 44.5 Å². The number of halogens is 1. The number of hydrogen-bond acceptors (Lipinski definition) is 2. The van der Waals surface area contributed by atoms with Crippen molar-refractivity contribution in [1.82, 2.24) is 4.90 Å². The molecule has 1 aliphatic rings. The summed E-state index contributed by atoms with van der Waals surface area (Å²) in [7, 11) is 2.06. The number of nitrogens with zero attached hydrogens (tertiary/aromatic N) is 1. The zero-order chi connectivity index (χ0) is 12.3. The van der Waals surface area contributed by atoms with Crippen molar-refractivity contribution in [3.8, 4) is 0 Å². The molecule has 1 aliphatic heterocycles. The van der Waals surface area contributed by atoms with E-state index in [0.717, 1.165) is 32.2 Å². The van der Waals surface area contributed by atoms with Gasteiger partial charge in [0.2, 0.25) is 0 Å². The molecule has 2 rings (SSSR count). The van der Waals surface area contributed by atoms with Crippen LogP contribution in [-0.2, 0) is 0 Å². The van der Waals surface area contributed by atoms with E-state index in [1.807, 2.05) is 0 Å². The molecule has 0 saturated carbocycles. The quantitative estimate of drug-likeness (QED) is 0.751. The number of aldehydes is 1. The number of alkyl halides is 1. The van der Waals surface area contributed by atoms with E-state index in [4.69, 9.17) is 0 Å². The van der Waals surface area contributed by atoms with E-state index >= 15 is 0 Å². The molecule has 1 saturated heterocycles. The lowest BCUT2D eigenvalue weighted by Gasteiger charge is -2.31. The third-order valence-electron chi connectivity index (χ3n) is 3.60. The topological polar surface area (TPSA) is 20.3 Å². The molecule has 1 aromatic rings. The van der Waals surface area contributed by atoms with Crippen LogP contribution in [-0.4, -0.2) is 31.3 Å². The average molecular weight is 235 g/mol. The lowest BCUT2D eigenvalue weighted by molar-refractivity contribution is 0.111. The summed E-state index contributed by atoms with van der Waals surface area (Å²) in [5.74, 6) is 0.0484. The number of benzene rings is 1. The van der Waals surface area contributed by atoms with Crippen LogP contribution in [0.4, 0.5) is 4.39 Å². The molecule has 0 bridgehead atoms. The minimum Gasteiger partial charge on any atom is -0.306 e. The van der Waals surface area contributed by atoms with E-state index in [0.29, 0.717) is 11.1 Å². The first-order valence-electron chi connectivity index (χ1n) is 6.09. The molecule has 1 fully saturated rings. The summed E-state index contributed by atoms with van der Waals surface area (Å²) in [6.07, 6.45) is 1.47. The van der Waals surface area contributed by atoms with Gasteiger partial charge in [-0.15, -0.1) is 0 Å². The molecule has 0 radical (unpaired) electrons. The van der Waals surface area contributed by atoms with Gasteiger partial charge in [0, 0.05) is 5.56 Å². The molecule has 2 nitrogen and oxygen atoms in total. The van der Waals surface area contributed by atoms with Crippen LogP contribution in [0.2, 0.25) is 0 Å². The Kier molecular flexibility index (Phi) is 3.89. The maximum absolute atomic E-state index is 14.4. The summed E-state index contributed by atoms with van der Waals surface area (Å²) < 4.78 is 14.4. The Morgan fingerprint density at radius 1 is 1.35 bits per heavy atom. The number of carbonyl (C=O) groups is 1. The molecule has 0 aromatic heterocycles. The monoisotopic (exact) mass is 235 g/mol. The van der Waals surface area contributed by atoms with Gasteiger partial charge >= 0.3 is 0 Å². The van der Waals surface area contributed by atoms with Gasteiger partial charge in [0.05, 0.1) is 0 Å². The highest BCUT2D eigenvalue weighted by Gasteiger charge is 2.27. The van der Waals surface area contributed by atoms with Crippen LogP contribution in [0.3, 0.4) is 0 Å². The molecular formula is C14H18FNO. The van der Waals surface area contributed by atoms with Crippen LogP contribution in [0.5, 0.6) is 0 Å². The third-order valence-corrected chi connectivity index (χ3v) is 3.60. The minimum atomic E-state index is -1.01. The smallest absolute Gasteiger partial charge is 0.150 e. The summed E-state index contributed by atoms with van der Waals surface area (Å²) in [5.41, 5.74) is 1.04. The van der Waals surface area contributed by atoms with Crippen molar-refractivity contribution < 1.29 is 9.18 Å². The molecule has 0 amide bonds. The van der Waals surface area contributed by atoms with Crippen molar-refractivity contribution in [2.45, 2.75) is 19.0 Å². The lowest BCUT2D eigenvalue weighted by Crippen LogP contribution is -2.32. The molecule has 1 unspecified atom stereocenters. The molecule has 1 aromatic carbocycles. The Balaban J connectivity index is 2.13. The first kappa shape index (κ1) is 12.2. The summed E-state index contributed by atoms with van der Waals surface area (Å²) in [5, 5.41) is 0. The van der Waals surface area contributed by atoms with Crippen LogP contribution >= 0.6 is 0 Å². The maximum Gasteiger partial charge on any atom is 0.150 e. The van der Waals surface area contributed by atoms with Gasteiger partial charge in [-0.25, -0.2) is 4.39 Å². The molecule has 1 heterocycles. The van der Waals surface area contributed by atoms with E-state index in [9.17, 15) is 9.18 Å². The second-order valence-electron chi connectivity index (χ2n) is 4.79. The van der Waals surface area contributed by atoms with Crippen molar-refractivity contribution in [3.63, 3.8) is 0 Å². The van der Waals surface area contributed by atoms with E-state index < -0.39 is 6.17 Å². The fourth-order valence-corrected chi connectivity index (χ4v) is 2.44. The van der Waals surface area contributed by atoms with Gasteiger partial charge in [-0.3, -0.25) is 4.79 Å². The zero-order valence-electron chi connectivity index (χ0n) is 10.1. The standard InChI is InChI=1S/C14H18FNO/c1-16-8-6-11(7-9-16)14(15)13-5-3-2-4-12(13)10-17/h2-5,10-11,14H,6-9H2,1H3. The van der Waals surface area contributed by atoms with Crippen LogP contribution in [0.1, 0.15) is 34.9 Å². The maximum atomic E-state index is 14.4. The molecule has 0 spiro atoms. The van der Waals surface area contributed by atoms with E-state index in [1.54, 1.807) is 24.3 Å². The van der Waals surface area contributed by atoms with Crippen molar-refractivity contribution in [2.75, 3.05) is 20.1 Å². The first-order chi connectivity index (χ1) is 8.22. The Hall–Kier alpha value is -1.22. The van der Waals surface area contributed by atoms with Gasteiger partial charge in [0.1, 0.15) is 12.5 Å². The van der Waals surface area contributed by atoms with Crippen LogP contribution in [0.25, 0.3) is 0 Å². The SMILES string of the molecule is CN1CCC(C(F)c2ccccc2C=O)CC1. The average Bonchev–Trinajstić information content (AvgIpc) is 2.39. The van der Waals surface area contributed by atoms with Gasteiger partial charge in [-0.1, -0.05) is 24.3 Å². The molecule has 3 heteroatoms. The van der Waals surface area contributed by atoms with Crippen molar-refractivity contribution in [1.29, 1.82) is 0 Å². The number of likely N-dealkylation sites (tertiary alicyclic amines) is 1. The Morgan fingerprint density at radius 2 is 2.00 bits per heavy atom. The fourth-order valence-electron chi connectivity index (χ4n) is 2.44. The van der Waals surface area contributed by atoms with Crippen molar-refractivity contribution in [2.24, 2.45) is 5.92 Å². The predicted octanol–water partition coefficient (Wildman–Crippen LogP) is 2.85. The molecule has 92 valence electrons. The first-order valence-corrected chi connectivity index (χ1v) is 6.09. The molecule has 1 atom stereocenters. The summed E-state index contributed by atoms with van der Waals surface area (Å²) >= 11 is 0. The fraction of sp³-hybridized carbons (Fsp3) is 0.500. The molecular weight excluding hydrogens is 217 g/mol. The van der Waals surface area contributed by atoms with Gasteiger partial charge in [0.15, 0.2) is 0 Å². The van der Waals surface area contributed by atoms with Crippen LogP contribution in [0, 0.1) is 5.92 Å². The summed E-state index contributed by atoms with van der Waals surface area (Å²) in [4.78, 5) is 13.1. The second kappa shape index (κ2) is 5.41. The largest absolute Gasteiger partial charge is 0.306 e. The van der Waals surface area contributed by atoms with Crippen LogP contribution in [0.15, 0.2) is 24.3 Å². The predicted molar refractivity (Wildman–Crippen MR) is 65.9 cm³/mol. The molecule has 17 heavy (non-hydrogen) atoms. The van der Waals surface area contributed by atoms with E-state index in [1.165, 1.54) is 0 Å². The number of carbonyl (C=O) groups excluding carboxylic acids is 1. The minimum absolute atomic E-state index is 0.0484. The third kappa shape index (κ3) is 2.72. The van der Waals surface area contributed by atoms with E-state index in [-0.39, 0.29) is 5.92 Å². The Morgan fingerprint density at radius 3 is 2.65 bits per heavy atom. The molecule has 0 N–H and O–H groups in total. The van der Waals surface area contributed by atoms with Gasteiger partial charge in [0.25, 0.3) is 0 Å². The second-order valence-corrected chi connectivity index (χ2v) is 4.79. The van der Waals surface area contributed by atoms with Gasteiger partial charge in [-0.2, -0.15) is 0 Å². The van der Waals surface area contributed by atoms with Gasteiger partial charge < -0.3 is 4.90 Å². The van der Waals surface area contributed by atoms with Crippen molar-refractivity contribution >= 4 is 6.29 Å². The number of piperidine rings is 1. The Labute approximate surface area is 101 Å². The summed E-state index contributed by atoms with van der Waals surface area (Å²) in [6.45, 7) is 1.88. The normalized spacial score (nSPS) is 20.1.